The molecule has 1 fully saturated rings. The Morgan fingerprint density at radius 2 is 1.91 bits per heavy atom. The van der Waals surface area contributed by atoms with Crippen molar-refractivity contribution in [2.75, 3.05) is 19.8 Å². The fourth-order valence-corrected chi connectivity index (χ4v) is 3.08. The molecule has 126 valence electrons. The predicted molar refractivity (Wildman–Crippen MR) is 94.8 cm³/mol. The van der Waals surface area contributed by atoms with Gasteiger partial charge in [0.2, 0.25) is 0 Å². The minimum atomic E-state index is -0.331. The number of nitrogens with one attached hydrogen (secondary N) is 1. The molecule has 1 aliphatic heterocycles. The molecule has 0 atom stereocenters. The Morgan fingerprint density at radius 3 is 2.52 bits per heavy atom. The molecule has 23 heavy (non-hydrogen) atoms. The smallest absolute Gasteiger partial charge is 0.251 e. The standard InChI is InChI=1S/C18H24N2O2.ClH/c19-18(9-11-22-12-10-18)13-20-17(21)16-7-5-15(6-8-16)14-3-1-2-4-14;/h3,5-8H,1-2,4,9-13,19H2,(H,20,21);1H. The van der Waals surface area contributed by atoms with E-state index < -0.39 is 0 Å². The van der Waals surface area contributed by atoms with E-state index in [1.807, 2.05) is 24.3 Å². The fraction of sp³-hybridized carbons (Fsp3) is 0.500. The number of carbonyl (C=O) groups is 1. The van der Waals surface area contributed by atoms with Gasteiger partial charge in [-0.25, -0.2) is 0 Å². The molecule has 3 N–H and O–H groups in total. The first kappa shape index (κ1) is 18.0. The van der Waals surface area contributed by atoms with E-state index in [1.165, 1.54) is 24.0 Å². The SMILES string of the molecule is Cl.NC1(CNC(=O)c2ccc(C3=CCCC3)cc2)CCOCC1. The molecule has 5 heteroatoms. The van der Waals surface area contributed by atoms with Crippen LogP contribution in [0.4, 0.5) is 0 Å². The lowest BCUT2D eigenvalue weighted by Gasteiger charge is -2.33. The fourth-order valence-electron chi connectivity index (χ4n) is 3.08. The third-order valence-corrected chi connectivity index (χ3v) is 4.65. The largest absolute Gasteiger partial charge is 0.381 e. The molecule has 3 rings (SSSR count). The normalized spacial score (nSPS) is 19.6. The van der Waals surface area contributed by atoms with Gasteiger partial charge in [-0.1, -0.05) is 18.2 Å². The highest BCUT2D eigenvalue weighted by molar-refractivity contribution is 5.94. The molecule has 1 saturated heterocycles. The van der Waals surface area contributed by atoms with Gasteiger partial charge in [-0.15, -0.1) is 12.4 Å². The van der Waals surface area contributed by atoms with Crippen molar-refractivity contribution in [3.8, 4) is 0 Å². The molecule has 1 heterocycles. The molecular formula is C18H25ClN2O2. The first-order valence-corrected chi connectivity index (χ1v) is 8.11. The highest BCUT2D eigenvalue weighted by atomic mass is 35.5. The van der Waals surface area contributed by atoms with Gasteiger partial charge < -0.3 is 15.8 Å². The number of amides is 1. The quantitative estimate of drug-likeness (QED) is 0.888. The van der Waals surface area contributed by atoms with E-state index in [0.717, 1.165) is 19.3 Å². The third kappa shape index (κ3) is 4.56. The zero-order valence-electron chi connectivity index (χ0n) is 13.3. The van der Waals surface area contributed by atoms with Gasteiger partial charge in [0, 0.05) is 30.9 Å². The van der Waals surface area contributed by atoms with Crippen LogP contribution in [0.15, 0.2) is 30.3 Å². The van der Waals surface area contributed by atoms with E-state index in [9.17, 15) is 4.79 Å². The summed E-state index contributed by atoms with van der Waals surface area (Å²) in [6.45, 7) is 1.86. The van der Waals surface area contributed by atoms with E-state index in [-0.39, 0.29) is 23.9 Å². The van der Waals surface area contributed by atoms with Crippen molar-refractivity contribution in [3.63, 3.8) is 0 Å². The molecule has 1 aromatic carbocycles. The number of benzene rings is 1. The van der Waals surface area contributed by atoms with Crippen LogP contribution in [0.25, 0.3) is 5.57 Å². The van der Waals surface area contributed by atoms with Crippen molar-refractivity contribution >= 4 is 23.9 Å². The number of allylic oxidation sites excluding steroid dienone is 2. The molecule has 1 aromatic rings. The Bertz CT molecular complexity index is 563. The minimum absolute atomic E-state index is 0. The van der Waals surface area contributed by atoms with Gasteiger partial charge in [0.05, 0.1) is 0 Å². The molecule has 0 aromatic heterocycles. The average Bonchev–Trinajstić information content (AvgIpc) is 3.08. The molecule has 0 unspecified atom stereocenters. The summed E-state index contributed by atoms with van der Waals surface area (Å²) in [6.07, 6.45) is 7.42. The number of carbonyl (C=O) groups excluding carboxylic acids is 1. The zero-order chi connectivity index (χ0) is 15.4. The molecule has 0 spiro atoms. The van der Waals surface area contributed by atoms with Gasteiger partial charge in [-0.05, 0) is 55.4 Å². The summed E-state index contributed by atoms with van der Waals surface area (Å²) in [7, 11) is 0. The van der Waals surface area contributed by atoms with Crippen LogP contribution in [-0.2, 0) is 4.74 Å². The summed E-state index contributed by atoms with van der Waals surface area (Å²) < 4.78 is 5.32. The van der Waals surface area contributed by atoms with Gasteiger partial charge in [0.15, 0.2) is 0 Å². The molecule has 0 radical (unpaired) electrons. The highest BCUT2D eigenvalue weighted by Gasteiger charge is 2.28. The van der Waals surface area contributed by atoms with Crippen LogP contribution in [0.5, 0.6) is 0 Å². The number of halogens is 1. The van der Waals surface area contributed by atoms with Crippen LogP contribution in [0.3, 0.4) is 0 Å². The topological polar surface area (TPSA) is 64.3 Å². The maximum Gasteiger partial charge on any atom is 0.251 e. The molecular weight excluding hydrogens is 312 g/mol. The second-order valence-corrected chi connectivity index (χ2v) is 6.36. The lowest BCUT2D eigenvalue weighted by molar-refractivity contribution is 0.0518. The average molecular weight is 337 g/mol. The summed E-state index contributed by atoms with van der Waals surface area (Å²) in [5.74, 6) is -0.0525. The van der Waals surface area contributed by atoms with Crippen molar-refractivity contribution in [2.45, 2.75) is 37.6 Å². The molecule has 4 nitrogen and oxygen atoms in total. The lowest BCUT2D eigenvalue weighted by Crippen LogP contribution is -2.53. The molecule has 1 amide bonds. The molecule has 0 saturated carbocycles. The Hall–Kier alpha value is -1.36. The van der Waals surface area contributed by atoms with E-state index in [4.69, 9.17) is 10.5 Å². The van der Waals surface area contributed by atoms with E-state index in [0.29, 0.717) is 25.3 Å². The maximum atomic E-state index is 12.2. The minimum Gasteiger partial charge on any atom is -0.381 e. The number of nitrogens with two attached hydrogens (primary N) is 1. The second kappa shape index (κ2) is 7.95. The van der Waals surface area contributed by atoms with Crippen molar-refractivity contribution < 1.29 is 9.53 Å². The Kier molecular flexibility index (Phi) is 6.22. The van der Waals surface area contributed by atoms with E-state index in [1.54, 1.807) is 0 Å². The summed E-state index contributed by atoms with van der Waals surface area (Å²) in [5.41, 5.74) is 9.28. The van der Waals surface area contributed by atoms with Gasteiger partial charge in [0.25, 0.3) is 5.91 Å². The molecule has 1 aliphatic carbocycles. The number of hydrogen-bond donors (Lipinski definition) is 2. The summed E-state index contributed by atoms with van der Waals surface area (Å²) in [6, 6.07) is 7.88. The van der Waals surface area contributed by atoms with Gasteiger partial charge in [0.1, 0.15) is 0 Å². The second-order valence-electron chi connectivity index (χ2n) is 6.36. The molecule has 2 aliphatic rings. The van der Waals surface area contributed by atoms with Crippen LogP contribution in [0, 0.1) is 0 Å². The van der Waals surface area contributed by atoms with Gasteiger partial charge in [-0.2, -0.15) is 0 Å². The number of hydrogen-bond acceptors (Lipinski definition) is 3. The lowest BCUT2D eigenvalue weighted by atomic mass is 9.91. The van der Waals surface area contributed by atoms with Crippen LogP contribution in [0.1, 0.15) is 48.0 Å². The van der Waals surface area contributed by atoms with E-state index in [2.05, 4.69) is 11.4 Å². The summed E-state index contributed by atoms with van der Waals surface area (Å²) in [4.78, 5) is 12.2. The Labute approximate surface area is 143 Å². The zero-order valence-corrected chi connectivity index (χ0v) is 14.2. The number of rotatable bonds is 4. The van der Waals surface area contributed by atoms with Crippen molar-refractivity contribution in [2.24, 2.45) is 5.73 Å². The van der Waals surface area contributed by atoms with Crippen LogP contribution >= 0.6 is 12.4 Å². The van der Waals surface area contributed by atoms with Crippen LogP contribution < -0.4 is 11.1 Å². The Balaban J connectivity index is 0.00000192. The van der Waals surface area contributed by atoms with Crippen LogP contribution in [-0.4, -0.2) is 31.2 Å². The van der Waals surface area contributed by atoms with Gasteiger partial charge >= 0.3 is 0 Å². The monoisotopic (exact) mass is 336 g/mol. The summed E-state index contributed by atoms with van der Waals surface area (Å²) >= 11 is 0. The first-order chi connectivity index (χ1) is 10.7. The summed E-state index contributed by atoms with van der Waals surface area (Å²) in [5, 5.41) is 2.96. The highest BCUT2D eigenvalue weighted by Crippen LogP contribution is 2.27. The predicted octanol–water partition coefficient (Wildman–Crippen LogP) is 2.91. The van der Waals surface area contributed by atoms with Gasteiger partial charge in [-0.3, -0.25) is 4.79 Å². The molecule has 0 bridgehead atoms. The maximum absolute atomic E-state index is 12.2. The van der Waals surface area contributed by atoms with E-state index >= 15 is 0 Å². The third-order valence-electron chi connectivity index (χ3n) is 4.65. The van der Waals surface area contributed by atoms with Crippen molar-refractivity contribution in [1.29, 1.82) is 0 Å². The van der Waals surface area contributed by atoms with Crippen molar-refractivity contribution in [3.05, 3.63) is 41.5 Å². The number of ether oxygens (including phenoxy) is 1. The Morgan fingerprint density at radius 1 is 1.22 bits per heavy atom. The first-order valence-electron chi connectivity index (χ1n) is 8.11. The van der Waals surface area contributed by atoms with Crippen molar-refractivity contribution in [1.82, 2.24) is 5.32 Å². The van der Waals surface area contributed by atoms with Crippen LogP contribution in [0.2, 0.25) is 0 Å².